The molecule has 0 bridgehead atoms. The van der Waals surface area contributed by atoms with Crippen LogP contribution in [0.15, 0.2) is 24.8 Å². The molecule has 2 N–H and O–H groups in total. The fourth-order valence-electron chi connectivity index (χ4n) is 1.93. The Morgan fingerprint density at radius 2 is 2.19 bits per heavy atom. The van der Waals surface area contributed by atoms with Crippen LogP contribution in [0.25, 0.3) is 0 Å². The Morgan fingerprint density at radius 3 is 2.81 bits per heavy atom. The lowest BCUT2D eigenvalue weighted by Gasteiger charge is -2.20. The quantitative estimate of drug-likeness (QED) is 0.750. The highest BCUT2D eigenvalue weighted by molar-refractivity contribution is 5.52. The van der Waals surface area contributed by atoms with E-state index in [0.29, 0.717) is 12.2 Å². The summed E-state index contributed by atoms with van der Waals surface area (Å²) in [5.74, 6) is 0.872. The van der Waals surface area contributed by atoms with Gasteiger partial charge in [0, 0.05) is 11.1 Å². The van der Waals surface area contributed by atoms with Crippen LogP contribution >= 0.6 is 0 Å². The molecule has 0 aliphatic carbocycles. The molecule has 2 rings (SSSR count). The molecular weight excluding hydrogens is 204 g/mol. The number of aliphatic hydroxyl groups is 1. The van der Waals surface area contributed by atoms with Gasteiger partial charge in [-0.25, -0.2) is 0 Å². The number of allylic oxidation sites excluding steroid dienone is 1. The Kier molecular flexibility index (Phi) is 2.43. The van der Waals surface area contributed by atoms with E-state index in [-0.39, 0.29) is 5.75 Å². The molecule has 3 nitrogen and oxygen atoms in total. The third-order valence-corrected chi connectivity index (χ3v) is 3.10. The Hall–Kier alpha value is -1.48. The number of aliphatic hydroxyl groups excluding tert-OH is 1. The van der Waals surface area contributed by atoms with E-state index in [1.165, 1.54) is 0 Å². The van der Waals surface area contributed by atoms with Crippen molar-refractivity contribution in [2.24, 2.45) is 0 Å². The summed E-state index contributed by atoms with van der Waals surface area (Å²) in [7, 11) is 0. The molecule has 0 unspecified atom stereocenters. The van der Waals surface area contributed by atoms with Crippen molar-refractivity contribution in [1.29, 1.82) is 0 Å². The van der Waals surface area contributed by atoms with Crippen molar-refractivity contribution < 1.29 is 14.9 Å². The summed E-state index contributed by atoms with van der Waals surface area (Å²) < 4.78 is 5.37. The first kappa shape index (κ1) is 11.0. The first-order chi connectivity index (χ1) is 7.46. The van der Waals surface area contributed by atoms with Crippen LogP contribution in [0.4, 0.5) is 0 Å². The highest BCUT2D eigenvalue weighted by atomic mass is 16.6. The molecule has 0 amide bonds. The van der Waals surface area contributed by atoms with Gasteiger partial charge in [-0.2, -0.15) is 0 Å². The van der Waals surface area contributed by atoms with Gasteiger partial charge in [-0.05, 0) is 32.4 Å². The SMILES string of the molecule is C=CCc1cc2c(cc1O)C(C)(C)[C@H](O)O2. The lowest BCUT2D eigenvalue weighted by atomic mass is 9.85. The minimum absolute atomic E-state index is 0.226. The van der Waals surface area contributed by atoms with Gasteiger partial charge < -0.3 is 14.9 Å². The lowest BCUT2D eigenvalue weighted by Crippen LogP contribution is -2.31. The van der Waals surface area contributed by atoms with Crippen LogP contribution in [0, 0.1) is 0 Å². The van der Waals surface area contributed by atoms with Gasteiger partial charge in [-0.15, -0.1) is 6.58 Å². The van der Waals surface area contributed by atoms with Crippen molar-refractivity contribution in [3.63, 3.8) is 0 Å². The Morgan fingerprint density at radius 1 is 1.50 bits per heavy atom. The number of phenols is 1. The first-order valence-electron chi connectivity index (χ1n) is 5.29. The van der Waals surface area contributed by atoms with Crippen LogP contribution in [0.5, 0.6) is 11.5 Å². The van der Waals surface area contributed by atoms with E-state index < -0.39 is 11.7 Å². The second-order valence-corrected chi connectivity index (χ2v) is 4.66. The number of phenolic OH excluding ortho intramolecular Hbond substituents is 1. The number of benzene rings is 1. The second kappa shape index (κ2) is 3.52. The second-order valence-electron chi connectivity index (χ2n) is 4.66. The molecule has 0 saturated carbocycles. The molecule has 1 heterocycles. The zero-order valence-electron chi connectivity index (χ0n) is 9.53. The van der Waals surface area contributed by atoms with Crippen molar-refractivity contribution in [1.82, 2.24) is 0 Å². The standard InChI is InChI=1S/C13H16O3/c1-4-5-8-6-11-9(7-10(8)14)13(2,3)12(15)16-11/h4,6-7,12,14-15H,1,5H2,2-3H3/t12-/m1/s1. The molecule has 1 aliphatic heterocycles. The fourth-order valence-corrected chi connectivity index (χ4v) is 1.93. The molecule has 0 saturated heterocycles. The zero-order valence-corrected chi connectivity index (χ0v) is 9.53. The summed E-state index contributed by atoms with van der Waals surface area (Å²) in [5, 5.41) is 19.6. The van der Waals surface area contributed by atoms with Gasteiger partial charge in [0.25, 0.3) is 0 Å². The number of rotatable bonds is 2. The molecule has 0 fully saturated rings. The first-order valence-corrected chi connectivity index (χ1v) is 5.29. The van der Waals surface area contributed by atoms with Gasteiger partial charge in [-0.1, -0.05) is 6.08 Å². The monoisotopic (exact) mass is 220 g/mol. The Bertz CT molecular complexity index is 435. The van der Waals surface area contributed by atoms with Gasteiger partial charge in [-0.3, -0.25) is 0 Å². The molecule has 1 aliphatic rings. The largest absolute Gasteiger partial charge is 0.508 e. The predicted molar refractivity (Wildman–Crippen MR) is 61.7 cm³/mol. The smallest absolute Gasteiger partial charge is 0.206 e. The summed E-state index contributed by atoms with van der Waals surface area (Å²) in [6.45, 7) is 7.40. The fraction of sp³-hybridized carbons (Fsp3) is 0.385. The normalized spacial score (nSPS) is 21.3. The van der Waals surface area contributed by atoms with E-state index in [2.05, 4.69) is 6.58 Å². The Balaban J connectivity index is 2.52. The van der Waals surface area contributed by atoms with Gasteiger partial charge >= 0.3 is 0 Å². The van der Waals surface area contributed by atoms with Crippen molar-refractivity contribution in [3.8, 4) is 11.5 Å². The molecule has 0 aromatic heterocycles. The number of hydrogen-bond donors (Lipinski definition) is 2. The zero-order chi connectivity index (χ0) is 11.9. The number of hydrogen-bond acceptors (Lipinski definition) is 3. The highest BCUT2D eigenvalue weighted by Gasteiger charge is 2.41. The molecule has 86 valence electrons. The van der Waals surface area contributed by atoms with Crippen molar-refractivity contribution >= 4 is 0 Å². The van der Waals surface area contributed by atoms with Crippen molar-refractivity contribution in [3.05, 3.63) is 35.9 Å². The molecular formula is C13H16O3. The van der Waals surface area contributed by atoms with E-state index >= 15 is 0 Å². The topological polar surface area (TPSA) is 49.7 Å². The van der Waals surface area contributed by atoms with Crippen LogP contribution in [0.3, 0.4) is 0 Å². The Labute approximate surface area is 95.0 Å². The van der Waals surface area contributed by atoms with Crippen LogP contribution in [-0.4, -0.2) is 16.5 Å². The summed E-state index contributed by atoms with van der Waals surface area (Å²) in [6, 6.07) is 3.44. The average molecular weight is 220 g/mol. The molecule has 0 spiro atoms. The third kappa shape index (κ3) is 1.48. The molecule has 3 heteroatoms. The molecule has 1 aromatic rings. The summed E-state index contributed by atoms with van der Waals surface area (Å²) in [6.07, 6.45) is 1.44. The maximum absolute atomic E-state index is 9.84. The predicted octanol–water partition coefficient (Wildman–Crippen LogP) is 2.11. The van der Waals surface area contributed by atoms with E-state index in [0.717, 1.165) is 11.1 Å². The summed E-state index contributed by atoms with van der Waals surface area (Å²) >= 11 is 0. The van der Waals surface area contributed by atoms with Gasteiger partial charge in [0.2, 0.25) is 6.29 Å². The lowest BCUT2D eigenvalue weighted by molar-refractivity contribution is -0.0450. The maximum atomic E-state index is 9.84. The summed E-state index contributed by atoms with van der Waals surface area (Å²) in [4.78, 5) is 0. The van der Waals surface area contributed by atoms with Crippen molar-refractivity contribution in [2.75, 3.05) is 0 Å². The van der Waals surface area contributed by atoms with E-state index in [4.69, 9.17) is 4.74 Å². The van der Waals surface area contributed by atoms with Crippen molar-refractivity contribution in [2.45, 2.75) is 32.0 Å². The van der Waals surface area contributed by atoms with Crippen LogP contribution in [0.2, 0.25) is 0 Å². The van der Waals surface area contributed by atoms with Crippen LogP contribution in [0.1, 0.15) is 25.0 Å². The van der Waals surface area contributed by atoms with Crippen LogP contribution < -0.4 is 4.74 Å². The molecule has 1 aromatic carbocycles. The van der Waals surface area contributed by atoms with Crippen LogP contribution in [-0.2, 0) is 11.8 Å². The number of ether oxygens (including phenoxy) is 1. The number of fused-ring (bicyclic) bond motifs is 1. The van der Waals surface area contributed by atoms with Gasteiger partial charge in [0.05, 0.1) is 5.41 Å². The maximum Gasteiger partial charge on any atom is 0.206 e. The van der Waals surface area contributed by atoms with E-state index in [9.17, 15) is 10.2 Å². The van der Waals surface area contributed by atoms with Gasteiger partial charge in [0.15, 0.2) is 0 Å². The average Bonchev–Trinajstić information content (AvgIpc) is 2.41. The molecule has 0 radical (unpaired) electrons. The summed E-state index contributed by atoms with van der Waals surface area (Å²) in [5.41, 5.74) is 1.11. The molecule has 1 atom stereocenters. The minimum atomic E-state index is -0.860. The van der Waals surface area contributed by atoms with Gasteiger partial charge in [0.1, 0.15) is 11.5 Å². The van der Waals surface area contributed by atoms with E-state index in [1.807, 2.05) is 13.8 Å². The molecule has 16 heavy (non-hydrogen) atoms. The highest BCUT2D eigenvalue weighted by Crippen LogP contribution is 2.44. The third-order valence-electron chi connectivity index (χ3n) is 3.10. The van der Waals surface area contributed by atoms with E-state index in [1.54, 1.807) is 18.2 Å². The minimum Gasteiger partial charge on any atom is -0.508 e. The number of aromatic hydroxyl groups is 1.